The Morgan fingerprint density at radius 3 is 2.00 bits per heavy atom. The van der Waals surface area contributed by atoms with Gasteiger partial charge in [-0.15, -0.1) is 0 Å². The van der Waals surface area contributed by atoms with Crippen LogP contribution in [0.1, 0.15) is 32.6 Å². The molecule has 2 nitrogen and oxygen atoms in total. The maximum Gasteiger partial charge on any atom is 1.00 e. The number of rotatable bonds is 1. The van der Waals surface area contributed by atoms with Gasteiger partial charge in [-0.25, -0.2) is 0 Å². The SMILES string of the molecule is CC1(C(=O)[O-])CCCC1.[K+]. The number of hydrogen-bond acceptors (Lipinski definition) is 2. The van der Waals surface area contributed by atoms with E-state index >= 15 is 0 Å². The molecule has 0 radical (unpaired) electrons. The maximum atomic E-state index is 10.4. The van der Waals surface area contributed by atoms with Gasteiger partial charge < -0.3 is 9.90 Å². The summed E-state index contributed by atoms with van der Waals surface area (Å²) >= 11 is 0. The molecule has 0 bridgehead atoms. The topological polar surface area (TPSA) is 40.1 Å². The molecule has 3 heteroatoms. The minimum atomic E-state index is -0.875. The van der Waals surface area contributed by atoms with Gasteiger partial charge in [-0.05, 0) is 12.8 Å². The van der Waals surface area contributed by atoms with Crippen molar-refractivity contribution in [3.8, 4) is 0 Å². The molecular formula is C7H11KO2. The first kappa shape index (κ1) is 11.1. The van der Waals surface area contributed by atoms with Gasteiger partial charge in [0.05, 0.1) is 0 Å². The first-order chi connectivity index (χ1) is 4.15. The largest absolute Gasteiger partial charge is 1.00 e. The molecule has 10 heavy (non-hydrogen) atoms. The molecular weight excluding hydrogens is 155 g/mol. The van der Waals surface area contributed by atoms with Crippen molar-refractivity contribution in [1.29, 1.82) is 0 Å². The van der Waals surface area contributed by atoms with E-state index < -0.39 is 11.4 Å². The van der Waals surface area contributed by atoms with Crippen molar-refractivity contribution < 1.29 is 61.3 Å². The molecule has 0 aromatic heterocycles. The second-order valence-corrected chi connectivity index (χ2v) is 3.06. The first-order valence-corrected chi connectivity index (χ1v) is 3.37. The van der Waals surface area contributed by atoms with Crippen LogP contribution in [0.5, 0.6) is 0 Å². The summed E-state index contributed by atoms with van der Waals surface area (Å²) in [4.78, 5) is 10.4. The van der Waals surface area contributed by atoms with E-state index in [9.17, 15) is 9.90 Å². The monoisotopic (exact) mass is 166 g/mol. The first-order valence-electron chi connectivity index (χ1n) is 3.37. The van der Waals surface area contributed by atoms with Gasteiger partial charge in [-0.3, -0.25) is 0 Å². The molecule has 0 saturated heterocycles. The van der Waals surface area contributed by atoms with Crippen LogP contribution in [0.2, 0.25) is 0 Å². The van der Waals surface area contributed by atoms with Crippen LogP contribution in [-0.2, 0) is 4.79 Å². The van der Waals surface area contributed by atoms with Gasteiger partial charge in [0, 0.05) is 11.4 Å². The summed E-state index contributed by atoms with van der Waals surface area (Å²) < 4.78 is 0. The van der Waals surface area contributed by atoms with E-state index in [2.05, 4.69) is 0 Å². The van der Waals surface area contributed by atoms with Gasteiger partial charge >= 0.3 is 51.4 Å². The van der Waals surface area contributed by atoms with E-state index in [1.54, 1.807) is 6.92 Å². The van der Waals surface area contributed by atoms with Crippen molar-refractivity contribution in [3.63, 3.8) is 0 Å². The summed E-state index contributed by atoms with van der Waals surface area (Å²) in [5, 5.41) is 10.4. The van der Waals surface area contributed by atoms with Crippen LogP contribution in [0.3, 0.4) is 0 Å². The summed E-state index contributed by atoms with van der Waals surface area (Å²) in [6, 6.07) is 0. The zero-order valence-corrected chi connectivity index (χ0v) is 9.77. The molecule has 1 fully saturated rings. The summed E-state index contributed by atoms with van der Waals surface area (Å²) in [7, 11) is 0. The van der Waals surface area contributed by atoms with Gasteiger partial charge in [0.1, 0.15) is 0 Å². The van der Waals surface area contributed by atoms with Crippen LogP contribution in [0.15, 0.2) is 0 Å². The Labute approximate surface area is 104 Å². The molecule has 0 unspecified atom stereocenters. The number of hydrogen-bond donors (Lipinski definition) is 0. The molecule has 52 valence electrons. The Morgan fingerprint density at radius 1 is 1.40 bits per heavy atom. The quantitative estimate of drug-likeness (QED) is 0.398. The molecule has 0 aromatic rings. The third-order valence-electron chi connectivity index (χ3n) is 2.20. The molecule has 1 aliphatic rings. The van der Waals surface area contributed by atoms with Crippen LogP contribution < -0.4 is 56.5 Å². The normalized spacial score (nSPS) is 21.7. The Bertz CT molecular complexity index is 128. The van der Waals surface area contributed by atoms with Gasteiger partial charge in [0.25, 0.3) is 0 Å². The van der Waals surface area contributed by atoms with Gasteiger partial charge in [0.15, 0.2) is 0 Å². The van der Waals surface area contributed by atoms with Crippen molar-refractivity contribution in [2.45, 2.75) is 32.6 Å². The van der Waals surface area contributed by atoms with Crippen LogP contribution >= 0.6 is 0 Å². The van der Waals surface area contributed by atoms with Crippen LogP contribution in [0, 0.1) is 5.41 Å². The zero-order valence-electron chi connectivity index (χ0n) is 6.64. The molecule has 0 heterocycles. The predicted octanol–water partition coefficient (Wildman–Crippen LogP) is -2.68. The summed E-state index contributed by atoms with van der Waals surface area (Å²) in [6.07, 6.45) is 3.69. The molecule has 1 aliphatic carbocycles. The second kappa shape index (κ2) is 4.21. The fourth-order valence-electron chi connectivity index (χ4n) is 1.36. The van der Waals surface area contributed by atoms with Crippen molar-refractivity contribution in [2.24, 2.45) is 5.41 Å². The number of carbonyl (C=O) groups excluding carboxylic acids is 1. The third kappa shape index (κ3) is 2.31. The van der Waals surface area contributed by atoms with Crippen molar-refractivity contribution in [1.82, 2.24) is 0 Å². The Kier molecular flexibility index (Phi) is 4.68. The van der Waals surface area contributed by atoms with Crippen molar-refractivity contribution in [3.05, 3.63) is 0 Å². The summed E-state index contributed by atoms with van der Waals surface area (Å²) in [5.74, 6) is -0.875. The van der Waals surface area contributed by atoms with Gasteiger partial charge in [0.2, 0.25) is 0 Å². The predicted molar refractivity (Wildman–Crippen MR) is 31.6 cm³/mol. The average molecular weight is 166 g/mol. The standard InChI is InChI=1S/C7H12O2.K/c1-7(6(8)9)4-2-3-5-7;/h2-5H2,1H3,(H,8,9);/q;+1/p-1. The summed E-state index contributed by atoms with van der Waals surface area (Å²) in [5.41, 5.74) is -0.500. The van der Waals surface area contributed by atoms with E-state index in [-0.39, 0.29) is 51.4 Å². The molecule has 0 atom stereocenters. The van der Waals surface area contributed by atoms with Crippen LogP contribution in [0.4, 0.5) is 0 Å². The fourth-order valence-corrected chi connectivity index (χ4v) is 1.36. The maximum absolute atomic E-state index is 10.4. The average Bonchev–Trinajstić information content (AvgIpc) is 2.16. The molecule has 0 N–H and O–H groups in total. The zero-order chi connectivity index (χ0) is 6.91. The molecule has 0 amide bonds. The molecule has 0 aromatic carbocycles. The van der Waals surface area contributed by atoms with E-state index in [0.29, 0.717) is 0 Å². The van der Waals surface area contributed by atoms with E-state index in [0.717, 1.165) is 25.7 Å². The van der Waals surface area contributed by atoms with Gasteiger partial charge in [-0.1, -0.05) is 19.8 Å². The second-order valence-electron chi connectivity index (χ2n) is 3.06. The fraction of sp³-hybridized carbons (Fsp3) is 0.857. The Hall–Kier alpha value is 1.11. The third-order valence-corrected chi connectivity index (χ3v) is 2.20. The van der Waals surface area contributed by atoms with Crippen LogP contribution in [0.25, 0.3) is 0 Å². The minimum absolute atomic E-state index is 0. The number of carboxylic acid groups (broad SMARTS) is 1. The number of carbonyl (C=O) groups is 1. The molecule has 0 spiro atoms. The smallest absolute Gasteiger partial charge is 0.550 e. The Balaban J connectivity index is 0.000000810. The van der Waals surface area contributed by atoms with E-state index in [4.69, 9.17) is 0 Å². The minimum Gasteiger partial charge on any atom is -0.550 e. The van der Waals surface area contributed by atoms with Crippen molar-refractivity contribution in [2.75, 3.05) is 0 Å². The van der Waals surface area contributed by atoms with E-state index in [1.165, 1.54) is 0 Å². The molecule has 0 aliphatic heterocycles. The summed E-state index contributed by atoms with van der Waals surface area (Å²) in [6.45, 7) is 1.77. The van der Waals surface area contributed by atoms with Crippen molar-refractivity contribution >= 4 is 5.97 Å². The molecule has 1 rings (SSSR count). The van der Waals surface area contributed by atoms with Gasteiger partial charge in [-0.2, -0.15) is 0 Å². The Morgan fingerprint density at radius 2 is 1.80 bits per heavy atom. The molecule has 1 saturated carbocycles. The number of aliphatic carboxylic acids is 1. The van der Waals surface area contributed by atoms with E-state index in [1.807, 2.05) is 0 Å². The number of carboxylic acids is 1. The van der Waals surface area contributed by atoms with Crippen LogP contribution in [-0.4, -0.2) is 5.97 Å².